The number of hydrogen-bond acceptors (Lipinski definition) is 5. The van der Waals surface area contributed by atoms with Gasteiger partial charge in [0, 0.05) is 0 Å². The van der Waals surface area contributed by atoms with Crippen LogP contribution in [0.3, 0.4) is 0 Å². The molecule has 0 amide bonds. The fourth-order valence-corrected chi connectivity index (χ4v) is 5.72. The first-order valence-electron chi connectivity index (χ1n) is 6.39. The zero-order valence-electron chi connectivity index (χ0n) is 12.4. The normalized spacial score (nSPS) is 12.3. The molecule has 0 saturated heterocycles. The van der Waals surface area contributed by atoms with Crippen LogP contribution in [0, 0.1) is 13.8 Å². The van der Waals surface area contributed by atoms with Crippen LogP contribution in [0.4, 0.5) is 5.69 Å². The Morgan fingerprint density at radius 3 is 2.13 bits per heavy atom. The van der Waals surface area contributed by atoms with Crippen molar-refractivity contribution in [1.82, 2.24) is 0 Å². The highest BCUT2D eigenvalue weighted by atomic mass is 35.5. The van der Waals surface area contributed by atoms with E-state index in [0.717, 1.165) is 0 Å². The largest absolute Gasteiger partial charge is 0.398 e. The summed E-state index contributed by atoms with van der Waals surface area (Å²) in [6, 6.07) is 6.75. The maximum atomic E-state index is 12.9. The number of benzene rings is 2. The molecule has 0 fully saturated rings. The number of nitrogen functional groups attached to an aromatic ring is 1. The predicted octanol–water partition coefficient (Wildman–Crippen LogP) is 2.02. The van der Waals surface area contributed by atoms with Gasteiger partial charge < -0.3 is 5.73 Å². The van der Waals surface area contributed by atoms with Crippen LogP contribution >= 0.6 is 11.6 Å². The van der Waals surface area contributed by atoms with Gasteiger partial charge in [0.15, 0.2) is 0 Å². The topological polar surface area (TPSA) is 120 Å². The van der Waals surface area contributed by atoms with Crippen LogP contribution in [-0.4, -0.2) is 16.8 Å². The fourth-order valence-electron chi connectivity index (χ4n) is 2.30. The van der Waals surface area contributed by atoms with Crippen molar-refractivity contribution in [3.63, 3.8) is 0 Å². The molecular formula is C14H15ClN2O4S2. The number of sulfone groups is 1. The first kappa shape index (κ1) is 17.7. The Balaban J connectivity index is 2.87. The van der Waals surface area contributed by atoms with Gasteiger partial charge in [-0.05, 0) is 43.2 Å². The fraction of sp³-hybridized carbons (Fsp3) is 0.143. The van der Waals surface area contributed by atoms with E-state index in [2.05, 4.69) is 0 Å². The Bertz CT molecular complexity index is 1000. The first-order chi connectivity index (χ1) is 10.5. The maximum Gasteiger partial charge on any atom is 0.239 e. The number of sulfonamides is 1. The minimum Gasteiger partial charge on any atom is -0.398 e. The van der Waals surface area contributed by atoms with Gasteiger partial charge in [0.2, 0.25) is 19.9 Å². The van der Waals surface area contributed by atoms with E-state index in [1.165, 1.54) is 37.3 Å². The second-order valence-corrected chi connectivity index (χ2v) is 8.88. The van der Waals surface area contributed by atoms with E-state index in [1.807, 2.05) is 0 Å². The van der Waals surface area contributed by atoms with E-state index < -0.39 is 24.8 Å². The van der Waals surface area contributed by atoms with Crippen molar-refractivity contribution in [3.05, 3.63) is 46.5 Å². The third-order valence-corrected chi connectivity index (χ3v) is 6.84. The van der Waals surface area contributed by atoms with E-state index in [9.17, 15) is 16.8 Å². The van der Waals surface area contributed by atoms with Crippen molar-refractivity contribution in [2.75, 3.05) is 5.73 Å². The molecule has 0 bridgehead atoms. The average Bonchev–Trinajstić information content (AvgIpc) is 2.41. The molecule has 0 unspecified atom stereocenters. The van der Waals surface area contributed by atoms with Gasteiger partial charge in [0.05, 0.1) is 20.5 Å². The molecule has 2 aromatic carbocycles. The highest BCUT2D eigenvalue weighted by Gasteiger charge is 2.29. The molecule has 2 aromatic rings. The van der Waals surface area contributed by atoms with Crippen LogP contribution in [0.25, 0.3) is 0 Å². The van der Waals surface area contributed by atoms with Crippen molar-refractivity contribution in [2.24, 2.45) is 5.14 Å². The molecule has 0 saturated carbocycles. The van der Waals surface area contributed by atoms with Crippen LogP contribution in [0.2, 0.25) is 5.02 Å². The summed E-state index contributed by atoms with van der Waals surface area (Å²) < 4.78 is 49.5. The zero-order chi connectivity index (χ0) is 17.6. The van der Waals surface area contributed by atoms with Gasteiger partial charge in [-0.3, -0.25) is 0 Å². The second-order valence-electron chi connectivity index (χ2n) is 5.09. The lowest BCUT2D eigenvalue weighted by molar-refractivity contribution is 0.582. The number of hydrogen-bond donors (Lipinski definition) is 2. The number of anilines is 1. The van der Waals surface area contributed by atoms with Crippen molar-refractivity contribution < 1.29 is 16.8 Å². The van der Waals surface area contributed by atoms with Gasteiger partial charge in [-0.1, -0.05) is 23.7 Å². The Kier molecular flexibility index (Phi) is 4.46. The van der Waals surface area contributed by atoms with Crippen molar-refractivity contribution in [1.29, 1.82) is 0 Å². The third kappa shape index (κ3) is 3.20. The molecule has 2 rings (SSSR count). The minimum absolute atomic E-state index is 0.0685. The van der Waals surface area contributed by atoms with Gasteiger partial charge in [0.1, 0.15) is 4.90 Å². The Hall–Kier alpha value is -1.61. The highest BCUT2D eigenvalue weighted by molar-refractivity contribution is 7.93. The number of nitrogens with two attached hydrogens (primary N) is 2. The molecule has 9 heteroatoms. The van der Waals surface area contributed by atoms with E-state index in [0.29, 0.717) is 5.56 Å². The molecule has 0 aromatic heterocycles. The summed E-state index contributed by atoms with van der Waals surface area (Å²) in [6.07, 6.45) is 0. The van der Waals surface area contributed by atoms with Gasteiger partial charge in [-0.2, -0.15) is 0 Å². The number of rotatable bonds is 3. The number of aryl methyl sites for hydroxylation is 2. The second kappa shape index (κ2) is 5.79. The summed E-state index contributed by atoms with van der Waals surface area (Å²) in [6.45, 7) is 3.02. The molecule has 0 aliphatic carbocycles. The minimum atomic E-state index is -4.22. The zero-order valence-corrected chi connectivity index (χ0v) is 14.8. The summed E-state index contributed by atoms with van der Waals surface area (Å²) >= 11 is 5.91. The van der Waals surface area contributed by atoms with Crippen LogP contribution in [0.1, 0.15) is 11.1 Å². The standard InChI is InChI=1S/C14H15ClN2O4S2/c1-8-4-3-5-12(14(8)23(17,20)21)22(18,19)13-7-10(15)11(16)6-9(13)2/h3-7H,16H2,1-2H3,(H2,17,20,21). The number of halogens is 1. The number of primary sulfonamides is 1. The van der Waals surface area contributed by atoms with Gasteiger partial charge in [-0.25, -0.2) is 22.0 Å². The van der Waals surface area contributed by atoms with Gasteiger partial charge >= 0.3 is 0 Å². The molecule has 23 heavy (non-hydrogen) atoms. The van der Waals surface area contributed by atoms with Crippen LogP contribution in [0.15, 0.2) is 45.0 Å². The van der Waals surface area contributed by atoms with Crippen molar-refractivity contribution >= 4 is 37.1 Å². The Morgan fingerprint density at radius 2 is 1.57 bits per heavy atom. The monoisotopic (exact) mass is 374 g/mol. The molecule has 0 aliphatic rings. The Labute approximate surface area is 140 Å². The maximum absolute atomic E-state index is 12.9. The summed E-state index contributed by atoms with van der Waals surface area (Å²) in [7, 11) is -8.37. The van der Waals surface area contributed by atoms with Gasteiger partial charge in [-0.15, -0.1) is 0 Å². The van der Waals surface area contributed by atoms with Crippen molar-refractivity contribution in [3.8, 4) is 0 Å². The quantitative estimate of drug-likeness (QED) is 0.796. The van der Waals surface area contributed by atoms with Crippen LogP contribution in [0.5, 0.6) is 0 Å². The molecule has 0 aliphatic heterocycles. The molecular weight excluding hydrogens is 360 g/mol. The van der Waals surface area contributed by atoms with Crippen molar-refractivity contribution in [2.45, 2.75) is 28.5 Å². The van der Waals surface area contributed by atoms with Gasteiger partial charge in [0.25, 0.3) is 0 Å². The third-order valence-electron chi connectivity index (χ3n) is 3.33. The molecule has 6 nitrogen and oxygen atoms in total. The molecule has 0 atom stereocenters. The molecule has 0 heterocycles. The predicted molar refractivity (Wildman–Crippen MR) is 88.6 cm³/mol. The van der Waals surface area contributed by atoms with E-state index in [4.69, 9.17) is 22.5 Å². The lowest BCUT2D eigenvalue weighted by Gasteiger charge is -2.14. The Morgan fingerprint density at radius 1 is 0.957 bits per heavy atom. The van der Waals surface area contributed by atoms with Crippen LogP contribution < -0.4 is 10.9 Å². The molecule has 0 spiro atoms. The highest BCUT2D eigenvalue weighted by Crippen LogP contribution is 2.33. The summed E-state index contributed by atoms with van der Waals surface area (Å²) in [5.41, 5.74) is 6.49. The summed E-state index contributed by atoms with van der Waals surface area (Å²) in [5.74, 6) is 0. The van der Waals surface area contributed by atoms with E-state index in [-0.39, 0.29) is 26.1 Å². The lowest BCUT2D eigenvalue weighted by atomic mass is 10.2. The van der Waals surface area contributed by atoms with E-state index in [1.54, 1.807) is 6.92 Å². The van der Waals surface area contributed by atoms with E-state index >= 15 is 0 Å². The SMILES string of the molecule is Cc1cc(N)c(Cl)cc1S(=O)(=O)c1cccc(C)c1S(N)(=O)=O. The lowest BCUT2D eigenvalue weighted by Crippen LogP contribution is -2.18. The first-order valence-corrected chi connectivity index (χ1v) is 9.80. The molecule has 4 N–H and O–H groups in total. The smallest absolute Gasteiger partial charge is 0.239 e. The molecule has 124 valence electrons. The molecule has 0 radical (unpaired) electrons. The average molecular weight is 375 g/mol. The summed E-state index contributed by atoms with van der Waals surface area (Å²) in [5, 5.41) is 5.26. The summed E-state index contributed by atoms with van der Waals surface area (Å²) in [4.78, 5) is -0.927. The van der Waals surface area contributed by atoms with Crippen LogP contribution in [-0.2, 0) is 19.9 Å².